The van der Waals surface area contributed by atoms with Crippen LogP contribution in [0.5, 0.6) is 11.5 Å². The second-order valence-corrected chi connectivity index (χ2v) is 7.62. The van der Waals surface area contributed by atoms with E-state index in [0.717, 1.165) is 24.0 Å². The molecule has 0 bridgehead atoms. The van der Waals surface area contributed by atoms with Gasteiger partial charge in [0.15, 0.2) is 0 Å². The molecule has 0 atom stereocenters. The quantitative estimate of drug-likeness (QED) is 0.255. The highest BCUT2D eigenvalue weighted by Gasteiger charge is 2.06. The van der Waals surface area contributed by atoms with E-state index in [9.17, 15) is 10.2 Å². The van der Waals surface area contributed by atoms with E-state index in [1.807, 2.05) is 6.92 Å². The van der Waals surface area contributed by atoms with E-state index in [4.69, 9.17) is 0 Å². The van der Waals surface area contributed by atoms with Gasteiger partial charge in [0.25, 0.3) is 0 Å². The summed E-state index contributed by atoms with van der Waals surface area (Å²) in [5.74, 6) is 0.614. The Kier molecular flexibility index (Phi) is 12.3. The van der Waals surface area contributed by atoms with E-state index in [2.05, 4.69) is 6.92 Å². The molecule has 144 valence electrons. The Morgan fingerprint density at radius 1 is 0.640 bits per heavy atom. The zero-order chi connectivity index (χ0) is 18.3. The van der Waals surface area contributed by atoms with E-state index in [1.165, 1.54) is 83.5 Å². The minimum absolute atomic E-state index is 0.260. The van der Waals surface area contributed by atoms with Crippen molar-refractivity contribution in [3.63, 3.8) is 0 Å². The van der Waals surface area contributed by atoms with Crippen molar-refractivity contribution in [2.24, 2.45) is 0 Å². The Hall–Kier alpha value is -1.18. The number of aromatic hydroxyl groups is 2. The van der Waals surface area contributed by atoms with E-state index in [-0.39, 0.29) is 5.75 Å². The second kappa shape index (κ2) is 14.0. The van der Waals surface area contributed by atoms with Gasteiger partial charge >= 0.3 is 0 Å². The summed E-state index contributed by atoms with van der Waals surface area (Å²) < 4.78 is 0. The number of unbranched alkanes of at least 4 members (excludes halogenated alkanes) is 13. The topological polar surface area (TPSA) is 40.5 Å². The van der Waals surface area contributed by atoms with Gasteiger partial charge in [-0.25, -0.2) is 0 Å². The van der Waals surface area contributed by atoms with Crippen molar-refractivity contribution in [2.45, 2.75) is 110 Å². The maximum Gasteiger partial charge on any atom is 0.121 e. The molecule has 0 aliphatic heterocycles. The molecule has 0 aliphatic carbocycles. The zero-order valence-electron chi connectivity index (χ0n) is 16.7. The predicted octanol–water partition coefficient (Wildman–Crippen LogP) is 7.43. The summed E-state index contributed by atoms with van der Waals surface area (Å²) in [7, 11) is 0. The van der Waals surface area contributed by atoms with Gasteiger partial charge in [-0.15, -0.1) is 0 Å². The molecule has 0 fully saturated rings. The fourth-order valence-corrected chi connectivity index (χ4v) is 3.53. The molecule has 2 nitrogen and oxygen atoms in total. The van der Waals surface area contributed by atoms with Crippen molar-refractivity contribution in [3.8, 4) is 11.5 Å². The van der Waals surface area contributed by atoms with Gasteiger partial charge in [-0.1, -0.05) is 90.4 Å². The number of phenols is 2. The highest BCUT2D eigenvalue weighted by molar-refractivity contribution is 5.45. The molecule has 0 saturated carbocycles. The van der Waals surface area contributed by atoms with Gasteiger partial charge in [0.1, 0.15) is 11.5 Å². The minimum atomic E-state index is 0.260. The normalized spacial score (nSPS) is 11.1. The first-order valence-corrected chi connectivity index (χ1v) is 10.7. The summed E-state index contributed by atoms with van der Waals surface area (Å²) >= 11 is 0. The first-order valence-electron chi connectivity index (χ1n) is 10.7. The van der Waals surface area contributed by atoms with Gasteiger partial charge < -0.3 is 10.2 Å². The minimum Gasteiger partial charge on any atom is -0.508 e. The number of aryl methyl sites for hydroxylation is 2. The Balaban J connectivity index is 1.91. The first-order chi connectivity index (χ1) is 12.1. The molecule has 0 spiro atoms. The van der Waals surface area contributed by atoms with Gasteiger partial charge in [-0.2, -0.15) is 0 Å². The summed E-state index contributed by atoms with van der Waals surface area (Å²) in [6.07, 6.45) is 19.8. The van der Waals surface area contributed by atoms with Crippen molar-refractivity contribution >= 4 is 0 Å². The van der Waals surface area contributed by atoms with Crippen molar-refractivity contribution in [2.75, 3.05) is 0 Å². The lowest BCUT2D eigenvalue weighted by molar-refractivity contribution is 0.448. The molecule has 25 heavy (non-hydrogen) atoms. The van der Waals surface area contributed by atoms with Crippen LogP contribution in [-0.4, -0.2) is 10.2 Å². The van der Waals surface area contributed by atoms with E-state index in [0.29, 0.717) is 5.75 Å². The predicted molar refractivity (Wildman–Crippen MR) is 109 cm³/mol. The van der Waals surface area contributed by atoms with Gasteiger partial charge in [-0.05, 0) is 43.0 Å². The second-order valence-electron chi connectivity index (χ2n) is 7.62. The number of rotatable bonds is 15. The Morgan fingerprint density at radius 3 is 1.56 bits per heavy atom. The molecule has 1 rings (SSSR count). The van der Waals surface area contributed by atoms with Crippen LogP contribution in [-0.2, 0) is 6.42 Å². The van der Waals surface area contributed by atoms with Gasteiger partial charge in [0.05, 0.1) is 0 Å². The highest BCUT2D eigenvalue weighted by Crippen LogP contribution is 2.28. The van der Waals surface area contributed by atoms with Crippen molar-refractivity contribution < 1.29 is 10.2 Å². The fourth-order valence-electron chi connectivity index (χ4n) is 3.53. The highest BCUT2D eigenvalue weighted by atomic mass is 16.3. The third-order valence-corrected chi connectivity index (χ3v) is 5.16. The number of phenolic OH excluding ortho intramolecular Hbond substituents is 2. The molecule has 1 aromatic carbocycles. The van der Waals surface area contributed by atoms with E-state index >= 15 is 0 Å². The van der Waals surface area contributed by atoms with Crippen LogP contribution in [0, 0.1) is 6.92 Å². The molecule has 0 heterocycles. The molecule has 0 radical (unpaired) electrons. The summed E-state index contributed by atoms with van der Waals surface area (Å²) in [5, 5.41) is 19.6. The third-order valence-electron chi connectivity index (χ3n) is 5.16. The molecule has 0 unspecified atom stereocenters. The molecule has 0 aromatic heterocycles. The summed E-state index contributed by atoms with van der Waals surface area (Å²) in [6, 6.07) is 3.31. The monoisotopic (exact) mass is 348 g/mol. The number of hydrogen-bond acceptors (Lipinski definition) is 2. The third kappa shape index (κ3) is 10.4. The smallest absolute Gasteiger partial charge is 0.121 e. The van der Waals surface area contributed by atoms with Crippen LogP contribution in [0.1, 0.15) is 108 Å². The van der Waals surface area contributed by atoms with Crippen molar-refractivity contribution in [3.05, 3.63) is 23.3 Å². The zero-order valence-corrected chi connectivity index (χ0v) is 16.7. The summed E-state index contributed by atoms with van der Waals surface area (Å²) in [6.45, 7) is 4.11. The van der Waals surface area contributed by atoms with Crippen LogP contribution < -0.4 is 0 Å². The summed E-state index contributed by atoms with van der Waals surface area (Å²) in [5.41, 5.74) is 1.65. The lowest BCUT2D eigenvalue weighted by atomic mass is 10.0. The molecule has 2 heteroatoms. The van der Waals surface area contributed by atoms with E-state index in [1.54, 1.807) is 12.1 Å². The molecule has 0 aliphatic rings. The SMILES string of the molecule is CCCCCCCCCCCCCCCCc1cc(O)cc(C)c1O. The Bertz CT molecular complexity index is 454. The Labute approximate surface area is 155 Å². The van der Waals surface area contributed by atoms with Gasteiger partial charge in [0, 0.05) is 0 Å². The van der Waals surface area contributed by atoms with Gasteiger partial charge in [0.2, 0.25) is 0 Å². The van der Waals surface area contributed by atoms with Crippen LogP contribution in [0.2, 0.25) is 0 Å². The molecule has 0 amide bonds. The summed E-state index contributed by atoms with van der Waals surface area (Å²) in [4.78, 5) is 0. The van der Waals surface area contributed by atoms with Crippen LogP contribution in [0.4, 0.5) is 0 Å². The maximum absolute atomic E-state index is 10.0. The molecule has 2 N–H and O–H groups in total. The van der Waals surface area contributed by atoms with Crippen molar-refractivity contribution in [1.29, 1.82) is 0 Å². The van der Waals surface area contributed by atoms with Crippen LogP contribution in [0.3, 0.4) is 0 Å². The van der Waals surface area contributed by atoms with Crippen LogP contribution >= 0.6 is 0 Å². The lowest BCUT2D eigenvalue weighted by Gasteiger charge is -2.08. The maximum atomic E-state index is 10.0. The Morgan fingerprint density at radius 2 is 1.08 bits per heavy atom. The average molecular weight is 349 g/mol. The first kappa shape index (κ1) is 21.9. The molecular formula is C23H40O2. The van der Waals surface area contributed by atoms with Crippen molar-refractivity contribution in [1.82, 2.24) is 0 Å². The molecule has 1 aromatic rings. The van der Waals surface area contributed by atoms with Gasteiger partial charge in [-0.3, -0.25) is 0 Å². The van der Waals surface area contributed by atoms with Crippen LogP contribution in [0.25, 0.3) is 0 Å². The van der Waals surface area contributed by atoms with E-state index < -0.39 is 0 Å². The number of benzene rings is 1. The standard InChI is InChI=1S/C23H40O2/c1-3-4-5-6-7-8-9-10-11-12-13-14-15-16-17-21-19-22(24)18-20(2)23(21)25/h18-19,24-25H,3-17H2,1-2H3. The average Bonchev–Trinajstić information content (AvgIpc) is 2.59. The number of hydrogen-bond donors (Lipinski definition) is 2. The van der Waals surface area contributed by atoms with Crippen LogP contribution in [0.15, 0.2) is 12.1 Å². The largest absolute Gasteiger partial charge is 0.508 e. The molecule has 0 saturated heterocycles. The fraction of sp³-hybridized carbons (Fsp3) is 0.739. The molecular weight excluding hydrogens is 308 g/mol. The lowest BCUT2D eigenvalue weighted by Crippen LogP contribution is -1.90.